The molecule has 2 rings (SSSR count). The van der Waals surface area contributed by atoms with Crippen LogP contribution in [0.25, 0.3) is 0 Å². The van der Waals surface area contributed by atoms with Crippen molar-refractivity contribution >= 4 is 12.8 Å². The van der Waals surface area contributed by atoms with E-state index in [4.69, 9.17) is 0 Å². The van der Waals surface area contributed by atoms with Crippen LogP contribution < -0.4 is 9.80 Å². The predicted octanol–water partition coefficient (Wildman–Crippen LogP) is -2.04. The summed E-state index contributed by atoms with van der Waals surface area (Å²) in [6, 6.07) is 0. The Morgan fingerprint density at radius 3 is 1.32 bits per heavy atom. The molecule has 22 heavy (non-hydrogen) atoms. The summed E-state index contributed by atoms with van der Waals surface area (Å²) >= 11 is 0. The number of rotatable bonds is 9. The van der Waals surface area contributed by atoms with Gasteiger partial charge in [0.15, 0.2) is 13.3 Å². The number of piperidine rings is 2. The lowest BCUT2D eigenvalue weighted by atomic mass is 10.1. The van der Waals surface area contributed by atoms with E-state index in [1.54, 1.807) is 0 Å². The van der Waals surface area contributed by atoms with Crippen LogP contribution in [0.4, 0.5) is 0 Å². The first-order chi connectivity index (χ1) is 10.8. The summed E-state index contributed by atoms with van der Waals surface area (Å²) in [5.74, 6) is 0. The smallest absolute Gasteiger partial charge is 0.214 e. The van der Waals surface area contributed by atoms with E-state index >= 15 is 0 Å². The van der Waals surface area contributed by atoms with E-state index in [1.165, 1.54) is 74.5 Å². The largest absolute Gasteiger partial charge is 0.318 e. The van der Waals surface area contributed by atoms with E-state index < -0.39 is 0 Å². The second-order valence-electron chi connectivity index (χ2n) is 6.77. The van der Waals surface area contributed by atoms with Crippen molar-refractivity contribution in [1.29, 1.82) is 0 Å². The molecule has 2 amide bonds. The Morgan fingerprint density at radius 2 is 1.00 bits per heavy atom. The van der Waals surface area contributed by atoms with Crippen molar-refractivity contribution in [2.24, 2.45) is 0 Å². The molecule has 2 fully saturated rings. The van der Waals surface area contributed by atoms with Crippen LogP contribution in [-0.2, 0) is 9.59 Å². The van der Waals surface area contributed by atoms with Crippen LogP contribution in [0.3, 0.4) is 0 Å². The average molecular weight is 312 g/mol. The minimum absolute atomic E-state index is 0.652. The minimum atomic E-state index is 0.652. The molecule has 2 saturated heterocycles. The fourth-order valence-corrected chi connectivity index (χ4v) is 3.59. The molecule has 2 aliphatic heterocycles. The highest BCUT2D eigenvalue weighted by Gasteiger charge is 2.19. The lowest BCUT2D eigenvalue weighted by Gasteiger charge is -2.30. The topological polar surface area (TPSA) is 49.5 Å². The molecule has 2 heterocycles. The van der Waals surface area contributed by atoms with Gasteiger partial charge in [-0.3, -0.25) is 19.4 Å². The number of hydrogen-bond donors (Lipinski definition) is 2. The monoisotopic (exact) mass is 312 g/mol. The van der Waals surface area contributed by atoms with Crippen molar-refractivity contribution in [2.75, 3.05) is 52.6 Å². The predicted molar refractivity (Wildman–Crippen MR) is 84.4 cm³/mol. The zero-order valence-electron chi connectivity index (χ0n) is 13.8. The molecule has 0 saturated carbocycles. The summed E-state index contributed by atoms with van der Waals surface area (Å²) in [5, 5.41) is 0. The van der Waals surface area contributed by atoms with Crippen LogP contribution in [0.5, 0.6) is 0 Å². The van der Waals surface area contributed by atoms with E-state index in [9.17, 15) is 9.59 Å². The zero-order chi connectivity index (χ0) is 15.6. The standard InChI is InChI=1S/C16H30N4O2/c21-15-19(13-17-7-3-1-4-8-17)11-12-20(16-22)14-18-9-5-2-6-10-18/h15-16H,1-14H2/p+2. The molecule has 0 bridgehead atoms. The molecule has 0 atom stereocenters. The molecule has 0 aromatic rings. The Morgan fingerprint density at radius 1 is 0.636 bits per heavy atom. The van der Waals surface area contributed by atoms with Gasteiger partial charge < -0.3 is 9.80 Å². The number of nitrogens with zero attached hydrogens (tertiary/aromatic N) is 2. The van der Waals surface area contributed by atoms with Gasteiger partial charge in [-0.2, -0.15) is 0 Å². The Bertz CT molecular complexity index is 296. The summed E-state index contributed by atoms with van der Waals surface area (Å²) < 4.78 is 0. The van der Waals surface area contributed by atoms with Gasteiger partial charge >= 0.3 is 0 Å². The molecule has 6 nitrogen and oxygen atoms in total. The van der Waals surface area contributed by atoms with Gasteiger partial charge in [0.2, 0.25) is 12.8 Å². The van der Waals surface area contributed by atoms with E-state index in [1.807, 2.05) is 9.80 Å². The maximum Gasteiger partial charge on any atom is 0.214 e. The number of carbonyl (C=O) groups is 2. The van der Waals surface area contributed by atoms with E-state index in [2.05, 4.69) is 0 Å². The first-order valence-corrected chi connectivity index (χ1v) is 8.87. The van der Waals surface area contributed by atoms with Gasteiger partial charge in [-0.15, -0.1) is 0 Å². The normalized spacial score (nSPS) is 20.5. The van der Waals surface area contributed by atoms with Crippen molar-refractivity contribution < 1.29 is 19.4 Å². The third-order valence-electron chi connectivity index (χ3n) is 4.95. The maximum atomic E-state index is 11.3. The van der Waals surface area contributed by atoms with Crippen LogP contribution in [0, 0.1) is 0 Å². The van der Waals surface area contributed by atoms with Crippen LogP contribution in [0.2, 0.25) is 0 Å². The first kappa shape index (κ1) is 17.2. The molecule has 2 aliphatic rings. The van der Waals surface area contributed by atoms with Crippen LogP contribution in [0.1, 0.15) is 38.5 Å². The summed E-state index contributed by atoms with van der Waals surface area (Å²) in [6.07, 6.45) is 9.59. The minimum Gasteiger partial charge on any atom is -0.318 e. The van der Waals surface area contributed by atoms with Gasteiger partial charge in [-0.05, 0) is 38.5 Å². The van der Waals surface area contributed by atoms with E-state index in [0.717, 1.165) is 26.2 Å². The second kappa shape index (κ2) is 9.79. The quantitative estimate of drug-likeness (QED) is 0.482. The molecule has 0 aliphatic carbocycles. The van der Waals surface area contributed by atoms with Crippen LogP contribution in [0.15, 0.2) is 0 Å². The van der Waals surface area contributed by atoms with Crippen LogP contribution in [-0.4, -0.2) is 75.2 Å². The summed E-state index contributed by atoms with van der Waals surface area (Å²) in [4.78, 5) is 29.2. The molecule has 0 spiro atoms. The average Bonchev–Trinajstić information content (AvgIpc) is 2.59. The SMILES string of the molecule is O=CN(CCN(C=O)C[NH+]1CCCCC1)C[NH+]1CCCCC1. The highest BCUT2D eigenvalue weighted by atomic mass is 16.1. The molecule has 2 N–H and O–H groups in total. The Balaban J connectivity index is 1.69. The molecule has 6 heteroatoms. The van der Waals surface area contributed by atoms with Gasteiger partial charge in [-0.25, -0.2) is 0 Å². The summed E-state index contributed by atoms with van der Waals surface area (Å²) in [5.41, 5.74) is 0. The number of hydrogen-bond acceptors (Lipinski definition) is 2. The number of likely N-dealkylation sites (tertiary alicyclic amines) is 2. The molecule has 0 radical (unpaired) electrons. The number of quaternary nitrogens is 2. The zero-order valence-corrected chi connectivity index (χ0v) is 13.8. The van der Waals surface area contributed by atoms with Crippen molar-refractivity contribution in [3.8, 4) is 0 Å². The molecule has 126 valence electrons. The Kier molecular flexibility index (Phi) is 7.66. The Labute approximate surface area is 134 Å². The Hall–Kier alpha value is -1.14. The van der Waals surface area contributed by atoms with Gasteiger partial charge in [-0.1, -0.05) is 0 Å². The molecular formula is C16H32N4O2+2. The van der Waals surface area contributed by atoms with Crippen molar-refractivity contribution in [3.05, 3.63) is 0 Å². The lowest BCUT2D eigenvalue weighted by molar-refractivity contribution is -0.914. The molecule has 0 aromatic heterocycles. The summed E-state index contributed by atoms with van der Waals surface area (Å²) in [7, 11) is 0. The number of amides is 2. The third kappa shape index (κ3) is 5.93. The van der Waals surface area contributed by atoms with Gasteiger partial charge in [0, 0.05) is 13.1 Å². The molecule has 0 aromatic carbocycles. The van der Waals surface area contributed by atoms with Gasteiger partial charge in [0.05, 0.1) is 26.2 Å². The second-order valence-corrected chi connectivity index (χ2v) is 6.77. The van der Waals surface area contributed by atoms with E-state index in [-0.39, 0.29) is 0 Å². The number of nitrogens with one attached hydrogen (secondary N) is 2. The van der Waals surface area contributed by atoms with Gasteiger partial charge in [0.25, 0.3) is 0 Å². The fourth-order valence-electron chi connectivity index (χ4n) is 3.59. The molecule has 0 unspecified atom stereocenters. The first-order valence-electron chi connectivity index (χ1n) is 8.87. The van der Waals surface area contributed by atoms with Crippen molar-refractivity contribution in [3.63, 3.8) is 0 Å². The van der Waals surface area contributed by atoms with Crippen molar-refractivity contribution in [1.82, 2.24) is 9.80 Å². The molecular weight excluding hydrogens is 280 g/mol. The highest BCUT2D eigenvalue weighted by molar-refractivity contribution is 5.48. The fraction of sp³-hybridized carbons (Fsp3) is 0.875. The third-order valence-corrected chi connectivity index (χ3v) is 4.95. The summed E-state index contributed by atoms with van der Waals surface area (Å²) in [6.45, 7) is 7.54. The van der Waals surface area contributed by atoms with Crippen LogP contribution >= 0.6 is 0 Å². The number of carbonyl (C=O) groups excluding carboxylic acids is 2. The maximum absolute atomic E-state index is 11.3. The van der Waals surface area contributed by atoms with Crippen molar-refractivity contribution in [2.45, 2.75) is 38.5 Å². The highest BCUT2D eigenvalue weighted by Crippen LogP contribution is 1.96. The van der Waals surface area contributed by atoms with Gasteiger partial charge in [0.1, 0.15) is 0 Å². The van der Waals surface area contributed by atoms with E-state index in [0.29, 0.717) is 13.1 Å². The lowest BCUT2D eigenvalue weighted by Crippen LogP contribution is -3.14.